The molecule has 2 atom stereocenters. The van der Waals surface area contributed by atoms with Gasteiger partial charge in [-0.25, -0.2) is 14.0 Å². The molecular formula is C28H30BrN5O3. The third-order valence-electron chi connectivity index (χ3n) is 6.99. The first-order chi connectivity index (χ1) is 17.8. The van der Waals surface area contributed by atoms with Gasteiger partial charge in [0.15, 0.2) is 0 Å². The van der Waals surface area contributed by atoms with Crippen molar-refractivity contribution in [3.05, 3.63) is 99.1 Å². The minimum atomic E-state index is -0.865. The standard InChI is InChI=1S/C28H30BrN5O3/c1-19(27(36)21-3-5-22(29)6-4-21)34-28(37)33(20(2)30-34)25-9-7-23(8-10-25)31-15-17-32(18-16-31)24-11-13-26(35)14-12-24/h3-14,19,27,35-36H,15-18H2,1-2H3. The molecule has 3 aromatic carbocycles. The number of nitrogens with zero attached hydrogens (tertiary/aromatic N) is 5. The first-order valence-corrected chi connectivity index (χ1v) is 13.1. The Morgan fingerprint density at radius 1 is 0.811 bits per heavy atom. The second-order valence-corrected chi connectivity index (χ2v) is 10.3. The van der Waals surface area contributed by atoms with Gasteiger partial charge in [0.2, 0.25) is 0 Å². The molecule has 0 saturated carbocycles. The zero-order valence-electron chi connectivity index (χ0n) is 20.8. The Bertz CT molecular complexity index is 1410. The van der Waals surface area contributed by atoms with E-state index in [-0.39, 0.29) is 11.4 Å². The van der Waals surface area contributed by atoms with Crippen molar-refractivity contribution in [3.8, 4) is 11.4 Å². The molecule has 0 bridgehead atoms. The number of hydrogen-bond acceptors (Lipinski definition) is 6. The highest BCUT2D eigenvalue weighted by Crippen LogP contribution is 2.27. The van der Waals surface area contributed by atoms with Gasteiger partial charge in [-0.15, -0.1) is 0 Å². The molecule has 1 aliphatic heterocycles. The van der Waals surface area contributed by atoms with Crippen LogP contribution in [-0.2, 0) is 0 Å². The van der Waals surface area contributed by atoms with Gasteiger partial charge in [-0.2, -0.15) is 5.10 Å². The van der Waals surface area contributed by atoms with Crippen LogP contribution in [0.25, 0.3) is 5.69 Å². The number of phenolic OH excluding ortho intramolecular Hbond substituents is 1. The highest BCUT2D eigenvalue weighted by atomic mass is 79.9. The van der Waals surface area contributed by atoms with Crippen LogP contribution >= 0.6 is 15.9 Å². The number of aryl methyl sites for hydroxylation is 1. The number of aliphatic hydroxyl groups is 1. The summed E-state index contributed by atoms with van der Waals surface area (Å²) in [6, 6.07) is 22.2. The largest absolute Gasteiger partial charge is 0.508 e. The van der Waals surface area contributed by atoms with Crippen LogP contribution in [0, 0.1) is 6.92 Å². The van der Waals surface area contributed by atoms with E-state index in [1.165, 1.54) is 4.68 Å². The van der Waals surface area contributed by atoms with Crippen molar-refractivity contribution in [2.45, 2.75) is 26.0 Å². The Kier molecular flexibility index (Phi) is 7.08. The smallest absolute Gasteiger partial charge is 0.350 e. The number of piperazine rings is 1. The molecule has 0 radical (unpaired) electrons. The maximum Gasteiger partial charge on any atom is 0.350 e. The summed E-state index contributed by atoms with van der Waals surface area (Å²) in [7, 11) is 0. The van der Waals surface area contributed by atoms with Crippen LogP contribution in [-0.4, -0.2) is 50.7 Å². The zero-order valence-corrected chi connectivity index (χ0v) is 22.4. The number of anilines is 2. The highest BCUT2D eigenvalue weighted by molar-refractivity contribution is 9.10. The van der Waals surface area contributed by atoms with Crippen molar-refractivity contribution in [2.75, 3.05) is 36.0 Å². The number of hydrogen-bond donors (Lipinski definition) is 2. The Morgan fingerprint density at radius 2 is 1.30 bits per heavy atom. The van der Waals surface area contributed by atoms with Gasteiger partial charge in [0, 0.05) is 42.0 Å². The average Bonchev–Trinajstić information content (AvgIpc) is 3.22. The van der Waals surface area contributed by atoms with Gasteiger partial charge in [0.1, 0.15) is 17.7 Å². The Balaban J connectivity index is 1.29. The van der Waals surface area contributed by atoms with Gasteiger partial charge in [0.25, 0.3) is 0 Å². The molecule has 192 valence electrons. The fourth-order valence-electron chi connectivity index (χ4n) is 4.82. The quantitative estimate of drug-likeness (QED) is 0.361. The summed E-state index contributed by atoms with van der Waals surface area (Å²) >= 11 is 3.41. The molecule has 4 aromatic rings. The summed E-state index contributed by atoms with van der Waals surface area (Å²) < 4.78 is 3.87. The lowest BCUT2D eigenvalue weighted by atomic mass is 10.0. The molecule has 2 heterocycles. The van der Waals surface area contributed by atoms with Crippen molar-refractivity contribution >= 4 is 27.3 Å². The van der Waals surface area contributed by atoms with E-state index in [2.05, 4.69) is 30.8 Å². The lowest BCUT2D eigenvalue weighted by Gasteiger charge is -2.37. The molecule has 1 saturated heterocycles. The minimum absolute atomic E-state index is 0.276. The summed E-state index contributed by atoms with van der Waals surface area (Å²) in [4.78, 5) is 18.0. The van der Waals surface area contributed by atoms with Crippen LogP contribution in [0.3, 0.4) is 0 Å². The number of aromatic hydroxyl groups is 1. The molecule has 1 aromatic heterocycles. The van der Waals surface area contributed by atoms with Crippen LogP contribution in [0.4, 0.5) is 11.4 Å². The summed E-state index contributed by atoms with van der Waals surface area (Å²) in [5.41, 5.74) is 3.40. The van der Waals surface area contributed by atoms with E-state index in [9.17, 15) is 15.0 Å². The first kappa shape index (κ1) is 25.1. The summed E-state index contributed by atoms with van der Waals surface area (Å²) in [6.07, 6.45) is -0.865. The third-order valence-corrected chi connectivity index (χ3v) is 7.51. The van der Waals surface area contributed by atoms with Crippen LogP contribution < -0.4 is 15.5 Å². The van der Waals surface area contributed by atoms with Gasteiger partial charge in [-0.05, 0) is 80.1 Å². The zero-order chi connectivity index (χ0) is 26.1. The molecule has 0 amide bonds. The fraction of sp³-hybridized carbons (Fsp3) is 0.286. The lowest BCUT2D eigenvalue weighted by Crippen LogP contribution is -2.46. The fourth-order valence-corrected chi connectivity index (χ4v) is 5.08. The van der Waals surface area contributed by atoms with E-state index in [1.54, 1.807) is 30.5 Å². The number of halogens is 1. The monoisotopic (exact) mass is 563 g/mol. The first-order valence-electron chi connectivity index (χ1n) is 12.3. The van der Waals surface area contributed by atoms with Crippen molar-refractivity contribution in [2.24, 2.45) is 0 Å². The Hall–Kier alpha value is -3.56. The van der Waals surface area contributed by atoms with Gasteiger partial charge < -0.3 is 20.0 Å². The molecular weight excluding hydrogens is 534 g/mol. The van der Waals surface area contributed by atoms with Gasteiger partial charge in [0.05, 0.1) is 11.7 Å². The van der Waals surface area contributed by atoms with E-state index >= 15 is 0 Å². The molecule has 1 aliphatic rings. The summed E-state index contributed by atoms with van der Waals surface area (Å²) in [6.45, 7) is 7.12. The lowest BCUT2D eigenvalue weighted by molar-refractivity contribution is 0.113. The van der Waals surface area contributed by atoms with E-state index in [4.69, 9.17) is 0 Å². The molecule has 5 rings (SSSR count). The number of phenols is 1. The van der Waals surface area contributed by atoms with E-state index in [0.717, 1.165) is 53.3 Å². The minimum Gasteiger partial charge on any atom is -0.508 e. The number of rotatable bonds is 6. The summed E-state index contributed by atoms with van der Waals surface area (Å²) in [5.74, 6) is 0.840. The average molecular weight is 564 g/mol. The van der Waals surface area contributed by atoms with Crippen molar-refractivity contribution in [1.29, 1.82) is 0 Å². The number of aliphatic hydroxyl groups excluding tert-OH is 1. The maximum absolute atomic E-state index is 13.3. The van der Waals surface area contributed by atoms with E-state index in [1.807, 2.05) is 60.7 Å². The Labute approximate surface area is 224 Å². The van der Waals surface area contributed by atoms with E-state index < -0.39 is 12.1 Å². The topological polar surface area (TPSA) is 86.8 Å². The Morgan fingerprint density at radius 3 is 1.84 bits per heavy atom. The molecule has 1 fully saturated rings. The van der Waals surface area contributed by atoms with Crippen molar-refractivity contribution in [3.63, 3.8) is 0 Å². The molecule has 0 spiro atoms. The van der Waals surface area contributed by atoms with Crippen LogP contribution in [0.15, 0.2) is 82.1 Å². The number of benzene rings is 3. The molecule has 9 heteroatoms. The second kappa shape index (κ2) is 10.4. The molecule has 2 N–H and O–H groups in total. The summed E-state index contributed by atoms with van der Waals surface area (Å²) in [5, 5.41) is 24.9. The predicted molar refractivity (Wildman–Crippen MR) is 149 cm³/mol. The van der Waals surface area contributed by atoms with Crippen LogP contribution in [0.5, 0.6) is 5.75 Å². The number of aromatic nitrogens is 3. The SMILES string of the molecule is Cc1nn(C(C)C(O)c2ccc(Br)cc2)c(=O)n1-c1ccc(N2CCN(c3ccc(O)cc3)CC2)cc1. The van der Waals surface area contributed by atoms with Gasteiger partial charge >= 0.3 is 5.69 Å². The molecule has 2 unspecified atom stereocenters. The van der Waals surface area contributed by atoms with Crippen LogP contribution in [0.2, 0.25) is 0 Å². The third kappa shape index (κ3) is 5.14. The second-order valence-electron chi connectivity index (χ2n) is 9.35. The molecule has 0 aliphatic carbocycles. The van der Waals surface area contributed by atoms with Gasteiger partial charge in [-0.3, -0.25) is 0 Å². The predicted octanol–water partition coefficient (Wildman–Crippen LogP) is 4.43. The highest BCUT2D eigenvalue weighted by Gasteiger charge is 2.24. The maximum atomic E-state index is 13.3. The van der Waals surface area contributed by atoms with Crippen LogP contribution in [0.1, 0.15) is 30.5 Å². The van der Waals surface area contributed by atoms with E-state index in [0.29, 0.717) is 5.82 Å². The normalized spacial score (nSPS) is 15.6. The van der Waals surface area contributed by atoms with Crippen molar-refractivity contribution in [1.82, 2.24) is 14.3 Å². The van der Waals surface area contributed by atoms with Crippen molar-refractivity contribution < 1.29 is 10.2 Å². The molecule has 8 nitrogen and oxygen atoms in total. The molecule has 37 heavy (non-hydrogen) atoms. The van der Waals surface area contributed by atoms with Gasteiger partial charge in [-0.1, -0.05) is 28.1 Å².